The van der Waals surface area contributed by atoms with Crippen LogP contribution in [0.4, 0.5) is 24.4 Å². The van der Waals surface area contributed by atoms with Crippen LogP contribution in [0.25, 0.3) is 51.8 Å². The van der Waals surface area contributed by atoms with Crippen molar-refractivity contribution in [1.29, 1.82) is 5.26 Å². The minimum Gasteiger partial charge on any atom is -0.444 e. The first-order valence-electron chi connectivity index (χ1n) is 28.1. The fraction of sp³-hybridized carbons (Fsp3) is 0.469. The Balaban J connectivity index is 0.000000170. The number of aromatic nitrogens is 3. The van der Waals surface area contributed by atoms with Gasteiger partial charge in [0, 0.05) is 58.9 Å². The quantitative estimate of drug-likeness (QED) is 0.157. The van der Waals surface area contributed by atoms with Gasteiger partial charge in [-0.05, 0) is 181 Å². The van der Waals surface area contributed by atoms with E-state index in [1.165, 1.54) is 37.2 Å². The van der Waals surface area contributed by atoms with Gasteiger partial charge in [0.1, 0.15) is 37.6 Å². The number of hydrogen-bond donors (Lipinski definition) is 2. The lowest BCUT2D eigenvalue weighted by Gasteiger charge is -2.35. The first-order chi connectivity index (χ1) is 39.3. The van der Waals surface area contributed by atoms with Gasteiger partial charge in [-0.15, -0.1) is 56.7 Å². The van der Waals surface area contributed by atoms with Crippen LogP contribution in [0, 0.1) is 32.1 Å². The molecule has 454 valence electrons. The van der Waals surface area contributed by atoms with Crippen LogP contribution in [0.5, 0.6) is 0 Å². The standard InChI is InChI=1S/2C21H25N3O2S2.C11H19NO3.C10H8N2S.CH4/c1-11-6-7-15-14(8-11)23-19(28-15)17-13-9-12(2)24(10-16(13)27-18(17)22)20(25)26-21(3,4)5;1-11-6-7-15-14(10-11)23-19(27-15)16-13-8-9-24(20(25)26-21(3,4)5)12(2)17(13)28-18(16)22;1-8-7-9(13)5-6-12(8)10(14)15-11(2,3)4;1-7-2-3-9-8(6-7)12-10(13-9)4-5-11;/h6-8,12H,9-10,22H2,1-5H3;6-7,10,12H,8-9,22H2,1-5H3;8H,5-7H2,1-4H3;2-3,6H,4H2,1H3;1H4. The molecule has 8 aromatic rings. The number of likely N-dealkylation sites (tertiary alicyclic amines) is 1. The van der Waals surface area contributed by atoms with Crippen LogP contribution in [0.15, 0.2) is 54.6 Å². The van der Waals surface area contributed by atoms with Crippen molar-refractivity contribution >= 4 is 121 Å². The van der Waals surface area contributed by atoms with Crippen molar-refractivity contribution in [2.24, 2.45) is 0 Å². The summed E-state index contributed by atoms with van der Waals surface area (Å²) in [6.07, 6.45) is 1.97. The van der Waals surface area contributed by atoms with Crippen LogP contribution < -0.4 is 11.5 Å². The van der Waals surface area contributed by atoms with Gasteiger partial charge in [-0.2, -0.15) is 5.26 Å². The lowest BCUT2D eigenvalue weighted by Crippen LogP contribution is -2.46. The van der Waals surface area contributed by atoms with Crippen LogP contribution in [-0.2, 0) is 44.8 Å². The Labute approximate surface area is 520 Å². The summed E-state index contributed by atoms with van der Waals surface area (Å²) in [5, 5.41) is 12.9. The molecule has 0 saturated carbocycles. The number of thiazole rings is 3. The van der Waals surface area contributed by atoms with E-state index in [1.807, 2.05) is 89.2 Å². The number of carbonyl (C=O) groups is 4. The molecule has 11 rings (SSSR count). The van der Waals surface area contributed by atoms with Gasteiger partial charge in [-0.1, -0.05) is 25.6 Å². The van der Waals surface area contributed by atoms with E-state index >= 15 is 0 Å². The molecule has 3 aliphatic rings. The van der Waals surface area contributed by atoms with Gasteiger partial charge in [0.25, 0.3) is 0 Å². The van der Waals surface area contributed by atoms with Gasteiger partial charge < -0.3 is 40.4 Å². The maximum absolute atomic E-state index is 12.6. The lowest BCUT2D eigenvalue weighted by molar-refractivity contribution is -0.122. The van der Waals surface area contributed by atoms with E-state index in [-0.39, 0.29) is 49.6 Å². The average molecular weight is 1250 g/mol. The second-order valence-corrected chi connectivity index (χ2v) is 30.0. The molecule has 3 amide bonds. The summed E-state index contributed by atoms with van der Waals surface area (Å²) >= 11 is 8.08. The Hall–Kier alpha value is -6.70. The second-order valence-electron chi connectivity index (χ2n) is 24.6. The zero-order valence-corrected chi connectivity index (χ0v) is 54.9. The van der Waals surface area contributed by atoms with Gasteiger partial charge in [0.2, 0.25) is 0 Å². The van der Waals surface area contributed by atoms with Gasteiger partial charge in [-0.25, -0.2) is 29.3 Å². The fourth-order valence-corrected chi connectivity index (χ4v) is 15.3. The van der Waals surface area contributed by atoms with E-state index in [0.29, 0.717) is 38.9 Å². The Morgan fingerprint density at radius 2 is 1.04 bits per heavy atom. The number of aryl methyl sites for hydroxylation is 3. The number of amides is 3. The third-order valence-corrected chi connectivity index (χ3v) is 19.3. The molecule has 3 aliphatic heterocycles. The Kier molecular flexibility index (Phi) is 20.5. The molecule has 3 unspecified atom stereocenters. The van der Waals surface area contributed by atoms with E-state index in [0.717, 1.165) is 80.0 Å². The van der Waals surface area contributed by atoms with Crippen molar-refractivity contribution < 1.29 is 33.4 Å². The van der Waals surface area contributed by atoms with Crippen molar-refractivity contribution in [3.8, 4) is 27.2 Å². The number of ketones is 1. The highest BCUT2D eigenvalue weighted by atomic mass is 32.1. The van der Waals surface area contributed by atoms with E-state index in [4.69, 9.17) is 40.9 Å². The number of piperidine rings is 1. The average Bonchev–Trinajstić information content (AvgIpc) is 1.81. The lowest BCUT2D eigenvalue weighted by atomic mass is 9.98. The number of nitrogen functional groups attached to an aromatic ring is 2. The van der Waals surface area contributed by atoms with Crippen LogP contribution in [-0.4, -0.2) is 95.7 Å². The molecule has 1 saturated heterocycles. The summed E-state index contributed by atoms with van der Waals surface area (Å²) in [5.41, 5.74) is 22.6. The Morgan fingerprint density at radius 3 is 1.53 bits per heavy atom. The number of hydrogen-bond acceptors (Lipinski definition) is 18. The van der Waals surface area contributed by atoms with E-state index < -0.39 is 16.8 Å². The summed E-state index contributed by atoms with van der Waals surface area (Å²) in [5.74, 6) is 0.224. The summed E-state index contributed by atoms with van der Waals surface area (Å²) in [6.45, 7) is 30.7. The summed E-state index contributed by atoms with van der Waals surface area (Å²) in [7, 11) is 0. The number of thiophene rings is 2. The Morgan fingerprint density at radius 1 is 0.600 bits per heavy atom. The smallest absolute Gasteiger partial charge is 0.410 e. The van der Waals surface area contributed by atoms with Crippen molar-refractivity contribution in [1.82, 2.24) is 29.7 Å². The number of anilines is 2. The number of Topliss-reactive ketones (excluding diaryl/α,β-unsaturated/α-hetero) is 1. The van der Waals surface area contributed by atoms with Crippen LogP contribution in [0.1, 0.15) is 152 Å². The number of benzene rings is 3. The van der Waals surface area contributed by atoms with E-state index in [2.05, 4.69) is 80.4 Å². The monoisotopic (exact) mass is 1250 g/mol. The van der Waals surface area contributed by atoms with E-state index in [1.54, 1.807) is 71.4 Å². The zero-order chi connectivity index (χ0) is 61.3. The number of carbonyl (C=O) groups excluding carboxylic acids is 4. The van der Waals surface area contributed by atoms with Gasteiger partial charge in [0.15, 0.2) is 0 Å². The summed E-state index contributed by atoms with van der Waals surface area (Å²) in [4.78, 5) is 69.7. The molecule has 3 atom stereocenters. The molecule has 21 heteroatoms. The minimum absolute atomic E-state index is 0. The molecule has 5 aromatic heterocycles. The largest absolute Gasteiger partial charge is 0.444 e. The van der Waals surface area contributed by atoms with Crippen LogP contribution in [0.3, 0.4) is 0 Å². The van der Waals surface area contributed by atoms with Gasteiger partial charge in [0.05, 0.1) is 65.7 Å². The number of rotatable bonds is 3. The molecular formula is C64H81N9O7S5. The molecule has 0 radical (unpaired) electrons. The van der Waals surface area contributed by atoms with Gasteiger partial charge >= 0.3 is 18.3 Å². The van der Waals surface area contributed by atoms with Crippen LogP contribution in [0.2, 0.25) is 0 Å². The zero-order valence-electron chi connectivity index (χ0n) is 50.8. The number of nitrogens with two attached hydrogens (primary N) is 2. The molecule has 85 heavy (non-hydrogen) atoms. The number of nitrogens with zero attached hydrogens (tertiary/aromatic N) is 7. The number of fused-ring (bicyclic) bond motifs is 5. The third kappa shape index (κ3) is 16.2. The van der Waals surface area contributed by atoms with Crippen molar-refractivity contribution in [3.05, 3.63) is 97.2 Å². The first-order valence-corrected chi connectivity index (χ1v) is 32.2. The SMILES string of the molecule is C.CC1CC(=O)CCN1C(=O)OC(C)(C)C.Cc1ccc2sc(-c3c(N)sc4c3CC(C)N(C(=O)OC(C)(C)C)C4)nc2c1.Cc1ccc2sc(-c3c(N)sc4c3CCN(C(=O)OC(C)(C)C)C4C)nc2c1.Cc1ccc2sc(CC#N)nc2c1. The highest BCUT2D eigenvalue weighted by Gasteiger charge is 2.37. The fourth-order valence-electron chi connectivity index (χ4n) is 9.97. The van der Waals surface area contributed by atoms with Gasteiger partial charge in [-0.3, -0.25) is 4.79 Å². The minimum atomic E-state index is -0.504. The van der Waals surface area contributed by atoms with E-state index in [9.17, 15) is 19.2 Å². The molecule has 16 nitrogen and oxygen atoms in total. The first kappa shape index (κ1) is 65.8. The predicted octanol–water partition coefficient (Wildman–Crippen LogP) is 16.6. The van der Waals surface area contributed by atoms with Crippen molar-refractivity contribution in [2.75, 3.05) is 24.6 Å². The molecule has 0 spiro atoms. The normalized spacial score (nSPS) is 16.8. The molecule has 3 aromatic carbocycles. The summed E-state index contributed by atoms with van der Waals surface area (Å²) < 4.78 is 19.9. The molecule has 0 aliphatic carbocycles. The maximum atomic E-state index is 12.6. The second kappa shape index (κ2) is 26.5. The number of nitriles is 1. The van der Waals surface area contributed by atoms with Crippen molar-refractivity contribution in [2.45, 2.75) is 185 Å². The Bertz CT molecular complexity index is 3760. The molecular weight excluding hydrogens is 1170 g/mol. The molecule has 4 N–H and O–H groups in total. The predicted molar refractivity (Wildman–Crippen MR) is 351 cm³/mol. The highest BCUT2D eigenvalue weighted by molar-refractivity contribution is 7.23. The topological polar surface area (TPSA) is 220 Å². The summed E-state index contributed by atoms with van der Waals surface area (Å²) in [6, 6.07) is 20.9. The molecule has 0 bridgehead atoms. The molecule has 1 fully saturated rings. The van der Waals surface area contributed by atoms with Crippen LogP contribution >= 0.6 is 56.7 Å². The number of ether oxygens (including phenoxy) is 3. The third-order valence-electron chi connectivity index (χ3n) is 13.9. The maximum Gasteiger partial charge on any atom is 0.410 e. The molecule has 8 heterocycles. The van der Waals surface area contributed by atoms with Crippen molar-refractivity contribution in [3.63, 3.8) is 0 Å². The highest BCUT2D eigenvalue weighted by Crippen LogP contribution is 2.48.